The number of benzene rings is 9. The van der Waals surface area contributed by atoms with E-state index in [1.807, 2.05) is 54.6 Å². The molecule has 0 aliphatic heterocycles. The summed E-state index contributed by atoms with van der Waals surface area (Å²) in [6.07, 6.45) is 0. The summed E-state index contributed by atoms with van der Waals surface area (Å²) in [6.45, 7) is 0. The Morgan fingerprint density at radius 1 is 0.194 bits per heavy atom. The molecule has 0 aliphatic carbocycles. The lowest BCUT2D eigenvalue weighted by molar-refractivity contribution is 0.456. The number of rotatable bonds is 15. The second kappa shape index (κ2) is 23.8. The van der Waals surface area contributed by atoms with Gasteiger partial charge < -0.3 is 0 Å². The van der Waals surface area contributed by atoms with E-state index in [0.717, 1.165) is 0 Å². The van der Waals surface area contributed by atoms with Crippen LogP contribution in [-0.4, -0.2) is 25.3 Å². The maximum atomic E-state index is 13.7. The highest BCUT2D eigenvalue weighted by atomic mass is 32.3. The molecule has 0 heterocycles. The first-order valence-corrected chi connectivity index (χ1v) is 30.1. The zero-order valence-electron chi connectivity index (χ0n) is 37.7. The Balaban J connectivity index is 0.000000158. The first kappa shape index (κ1) is 53.4. The van der Waals surface area contributed by atoms with Crippen LogP contribution in [0, 0.1) is 0 Å². The molecule has 0 bridgehead atoms. The van der Waals surface area contributed by atoms with Crippen molar-refractivity contribution in [2.75, 3.05) is 0 Å². The Morgan fingerprint density at radius 2 is 0.292 bits per heavy atom. The van der Waals surface area contributed by atoms with E-state index in [4.69, 9.17) is 10.9 Å². The molecule has 372 valence electrons. The molecule has 9 aromatic carbocycles. The zero-order chi connectivity index (χ0) is 51.1. The predicted octanol–water partition coefficient (Wildman–Crippen LogP) is 15.3. The van der Waals surface area contributed by atoms with Crippen LogP contribution in [0.15, 0.2) is 317 Å². The van der Waals surface area contributed by atoms with Gasteiger partial charge in [-0.05, 0) is 140 Å². The third kappa shape index (κ3) is 13.1. The van der Waals surface area contributed by atoms with Crippen LogP contribution in [0.1, 0.15) is 0 Å². The van der Waals surface area contributed by atoms with E-state index in [1.165, 1.54) is 0 Å². The van der Waals surface area contributed by atoms with Gasteiger partial charge in [-0.15, -0.1) is 0 Å². The van der Waals surface area contributed by atoms with E-state index in [-0.39, 0.29) is 0 Å². The van der Waals surface area contributed by atoms with Gasteiger partial charge in [-0.2, -0.15) is 36.1 Å². The highest BCUT2D eigenvalue weighted by molar-refractivity contribution is 8.33. The lowest BCUT2D eigenvalue weighted by Crippen LogP contribution is -2.11. The summed E-state index contributed by atoms with van der Waals surface area (Å²) in [4.78, 5) is 5.41. The fourth-order valence-electron chi connectivity index (χ4n) is 7.45. The monoisotopic (exact) mass is 1090 g/mol. The maximum Gasteiger partial charge on any atom is 0.447 e. The fraction of sp³-hybridized carbons (Fsp3) is 0. The van der Waals surface area contributed by atoms with Gasteiger partial charge in [0.15, 0.2) is 0 Å². The molecule has 0 unspecified atom stereocenters. The molecule has 0 fully saturated rings. The Morgan fingerprint density at radius 3 is 0.375 bits per heavy atom. The van der Waals surface area contributed by atoms with Crippen molar-refractivity contribution in [2.24, 2.45) is 0 Å². The number of halogens is 3. The van der Waals surface area contributed by atoms with Crippen LogP contribution in [0.4, 0.5) is 11.7 Å². The van der Waals surface area contributed by atoms with Crippen molar-refractivity contribution in [2.45, 2.75) is 44.1 Å². The van der Waals surface area contributed by atoms with Crippen LogP contribution in [0.2, 0.25) is 0 Å². The van der Waals surface area contributed by atoms with Gasteiger partial charge in [0.05, 0.1) is 0 Å². The van der Waals surface area contributed by atoms with Crippen LogP contribution in [0.5, 0.6) is 0 Å². The van der Waals surface area contributed by atoms with Gasteiger partial charge in [0.1, 0.15) is 0 Å². The average Bonchev–Trinajstić information content (AvgIpc) is 3.41. The molecule has 9 aromatic rings. The highest BCUT2D eigenvalue weighted by Crippen LogP contribution is 2.72. The molecular weight excluding hydrogens is 1040 g/mol. The van der Waals surface area contributed by atoms with Gasteiger partial charge in [-0.1, -0.05) is 175 Å². The molecule has 9 nitrogen and oxygen atoms in total. The van der Waals surface area contributed by atoms with Crippen LogP contribution >= 0.6 is 30.9 Å². The third-order valence-electron chi connectivity index (χ3n) is 10.2. The van der Waals surface area contributed by atoms with Crippen molar-refractivity contribution < 1.29 is 47.8 Å². The van der Waals surface area contributed by atoms with Gasteiger partial charge in [0, 0.05) is 44.1 Å². The molecule has 18 heteroatoms. The predicted molar refractivity (Wildman–Crippen MR) is 278 cm³/mol. The van der Waals surface area contributed by atoms with Gasteiger partial charge in [0.25, 0.3) is 0 Å². The van der Waals surface area contributed by atoms with E-state index in [0.29, 0.717) is 44.1 Å². The van der Waals surface area contributed by atoms with Crippen molar-refractivity contribution in [3.05, 3.63) is 273 Å². The average molecular weight is 1090 g/mol. The zero-order valence-corrected chi connectivity index (χ0v) is 42.6. The molecule has 0 saturated carbocycles. The highest BCUT2D eigenvalue weighted by Gasteiger charge is 2.40. The van der Waals surface area contributed by atoms with Gasteiger partial charge in [-0.25, -0.2) is 0 Å². The summed E-state index contributed by atoms with van der Waals surface area (Å²) in [5, 5.41) is 0. The quantitative estimate of drug-likeness (QED) is 0.0921. The molecule has 9 rings (SSSR count). The van der Waals surface area contributed by atoms with Crippen LogP contribution in [-0.2, 0) is 42.4 Å². The van der Waals surface area contributed by atoms with Crippen molar-refractivity contribution in [1.82, 2.24) is 0 Å². The second-order valence-corrected chi connectivity index (χ2v) is 26.4. The first-order chi connectivity index (χ1) is 34.6. The molecular formula is C54H45F3O9S6. The minimum Gasteiger partial charge on any atom is -0.181 e. The minimum atomic E-state index is -5.19. The minimum absolute atomic E-state index is 0.601. The summed E-state index contributed by atoms with van der Waals surface area (Å²) < 4.78 is 126. The fourth-order valence-corrected chi connectivity index (χ4v) is 20.5. The molecule has 0 N–H and O–H groups in total. The molecule has 0 aliphatic rings. The van der Waals surface area contributed by atoms with Crippen molar-refractivity contribution in [3.63, 3.8) is 0 Å². The summed E-state index contributed by atoms with van der Waals surface area (Å²) in [5.41, 5.74) is 0. The number of hydrogen-bond donors (Lipinski definition) is 0. The standard InChI is InChI=1S/3C18H15FO3S2/c3*19-24(20,21)22-23(16-10-4-1-5-11-16,17-12-6-2-7-13-17)18-14-8-3-9-15-18/h3*1-15H. The Bertz CT molecular complexity index is 2780. The van der Waals surface area contributed by atoms with Crippen molar-refractivity contribution in [3.8, 4) is 0 Å². The van der Waals surface area contributed by atoms with E-state index < -0.39 is 62.4 Å². The SMILES string of the molecule is O=S(=O)(F)OS(c1ccccc1)(c1ccccc1)c1ccccc1.O=S(=O)(F)OS(c1ccccc1)(c1ccccc1)c1ccccc1.O=S(=O)(F)OS(c1ccccc1)(c1ccccc1)c1ccccc1. The topological polar surface area (TPSA) is 130 Å². The second-order valence-electron chi connectivity index (χ2n) is 14.9. The maximum absolute atomic E-state index is 13.7. The van der Waals surface area contributed by atoms with E-state index in [1.54, 1.807) is 218 Å². The summed E-state index contributed by atoms with van der Waals surface area (Å²) >= 11 is 0. The van der Waals surface area contributed by atoms with Crippen molar-refractivity contribution in [1.29, 1.82) is 0 Å². The smallest absolute Gasteiger partial charge is 0.181 e. The molecule has 0 spiro atoms. The summed E-state index contributed by atoms with van der Waals surface area (Å²) in [7, 11) is -23.8. The Kier molecular flexibility index (Phi) is 17.7. The molecule has 0 radical (unpaired) electrons. The Labute approximate surface area is 424 Å². The lowest BCUT2D eigenvalue weighted by Gasteiger charge is -2.38. The lowest BCUT2D eigenvalue weighted by atomic mass is 10.4. The molecule has 0 amide bonds. The normalized spacial score (nSPS) is 12.7. The van der Waals surface area contributed by atoms with Gasteiger partial charge in [-0.3, -0.25) is 0 Å². The molecule has 72 heavy (non-hydrogen) atoms. The van der Waals surface area contributed by atoms with Crippen molar-refractivity contribution >= 4 is 62.4 Å². The van der Waals surface area contributed by atoms with Crippen LogP contribution < -0.4 is 0 Å². The molecule has 0 aromatic heterocycles. The Hall–Kier alpha value is -6.45. The van der Waals surface area contributed by atoms with E-state index in [9.17, 15) is 36.9 Å². The first-order valence-electron chi connectivity index (χ1n) is 21.5. The van der Waals surface area contributed by atoms with E-state index in [2.05, 4.69) is 0 Å². The summed E-state index contributed by atoms with van der Waals surface area (Å²) in [5.74, 6) is 0. The third-order valence-corrected chi connectivity index (χ3v) is 23.1. The largest absolute Gasteiger partial charge is 0.447 e. The van der Waals surface area contributed by atoms with Gasteiger partial charge in [0.2, 0.25) is 0 Å². The molecule has 0 atom stereocenters. The van der Waals surface area contributed by atoms with Crippen LogP contribution in [0.25, 0.3) is 0 Å². The van der Waals surface area contributed by atoms with E-state index >= 15 is 0 Å². The summed E-state index contributed by atoms with van der Waals surface area (Å²) in [6, 6.07) is 79.8. The molecule has 0 saturated heterocycles. The number of hydrogen-bond acceptors (Lipinski definition) is 9. The van der Waals surface area contributed by atoms with Crippen LogP contribution in [0.3, 0.4) is 0 Å². The van der Waals surface area contributed by atoms with Gasteiger partial charge >= 0.3 is 31.5 Å².